The molecule has 46 valence electrons. The summed E-state index contributed by atoms with van der Waals surface area (Å²) in [5.74, 6) is 0. The van der Waals surface area contributed by atoms with Gasteiger partial charge in [-0.3, -0.25) is 0 Å². The first-order valence-corrected chi connectivity index (χ1v) is 3.52. The van der Waals surface area contributed by atoms with E-state index < -0.39 is 0 Å². The van der Waals surface area contributed by atoms with E-state index in [1.165, 1.54) is 19.4 Å². The van der Waals surface area contributed by atoms with E-state index in [2.05, 4.69) is 4.90 Å². The van der Waals surface area contributed by atoms with Crippen LogP contribution in [-0.4, -0.2) is 24.0 Å². The zero-order valence-electron chi connectivity index (χ0n) is 6.14. The fraction of sp³-hybridized carbons (Fsp3) is 1.00. The normalized spacial score (nSPS) is 42.5. The van der Waals surface area contributed by atoms with Crippen molar-refractivity contribution < 1.29 is 1.37 Å². The Morgan fingerprint density at radius 2 is 2.25 bits per heavy atom. The Hall–Kier alpha value is -0.0400. The molecule has 2 rings (SSSR count). The van der Waals surface area contributed by atoms with Gasteiger partial charge in [0.15, 0.2) is 0 Å². The smallest absolute Gasteiger partial charge is 0.0280 e. The second kappa shape index (κ2) is 1.73. The van der Waals surface area contributed by atoms with Gasteiger partial charge in [0, 0.05) is 7.41 Å². The first kappa shape index (κ1) is 3.89. The highest BCUT2D eigenvalue weighted by atomic mass is 15.2. The summed E-state index contributed by atoms with van der Waals surface area (Å²) in [6, 6.07) is 0.889. The van der Waals surface area contributed by atoms with Crippen LogP contribution in [0.4, 0.5) is 0 Å². The van der Waals surface area contributed by atoms with Crippen molar-refractivity contribution in [1.82, 2.24) is 4.90 Å². The monoisotopic (exact) mass is 112 g/mol. The molecule has 1 aliphatic heterocycles. The molecule has 1 heterocycles. The van der Waals surface area contributed by atoms with E-state index in [0.29, 0.717) is 0 Å². The van der Waals surface area contributed by atoms with Crippen LogP contribution in [0.2, 0.25) is 0 Å². The third kappa shape index (κ3) is 0.752. The van der Waals surface area contributed by atoms with Gasteiger partial charge in [0.1, 0.15) is 0 Å². The molecule has 1 unspecified atom stereocenters. The fourth-order valence-corrected chi connectivity index (χ4v) is 1.38. The van der Waals surface area contributed by atoms with Crippen molar-refractivity contribution in [2.75, 3.05) is 13.1 Å². The maximum Gasteiger partial charge on any atom is 0.0280 e. The van der Waals surface area contributed by atoms with Gasteiger partial charge in [0.25, 0.3) is 0 Å². The standard InChI is InChI=1S/C7H13N/c1-2-6-8(5-1)7-3-4-7/h7H,1-6H2/i1D. The van der Waals surface area contributed by atoms with Gasteiger partial charge in [-0.25, -0.2) is 0 Å². The lowest BCUT2D eigenvalue weighted by atomic mass is 10.4. The van der Waals surface area contributed by atoms with Crippen LogP contribution in [0, 0.1) is 0 Å². The predicted molar refractivity (Wildman–Crippen MR) is 33.8 cm³/mol. The second-order valence-electron chi connectivity index (χ2n) is 2.80. The summed E-state index contributed by atoms with van der Waals surface area (Å²) in [5, 5.41) is 0. The molecule has 1 saturated heterocycles. The van der Waals surface area contributed by atoms with E-state index in [0.717, 1.165) is 19.0 Å². The molecule has 0 spiro atoms. The molecule has 1 atom stereocenters. The number of nitrogens with zero attached hydrogens (tertiary/aromatic N) is 1. The van der Waals surface area contributed by atoms with Crippen LogP contribution in [-0.2, 0) is 0 Å². The average Bonchev–Trinajstić information content (AvgIpc) is 2.58. The van der Waals surface area contributed by atoms with Crippen molar-refractivity contribution in [3.05, 3.63) is 0 Å². The average molecular weight is 112 g/mol. The van der Waals surface area contributed by atoms with Gasteiger partial charge < -0.3 is 4.90 Å². The van der Waals surface area contributed by atoms with Crippen LogP contribution in [0.3, 0.4) is 0 Å². The summed E-state index contributed by atoms with van der Waals surface area (Å²) in [4.78, 5) is 2.47. The van der Waals surface area contributed by atoms with Gasteiger partial charge >= 0.3 is 0 Å². The Morgan fingerprint density at radius 3 is 2.75 bits per heavy atom. The van der Waals surface area contributed by atoms with E-state index in [1.807, 2.05) is 0 Å². The summed E-state index contributed by atoms with van der Waals surface area (Å²) < 4.78 is 7.44. The quantitative estimate of drug-likeness (QED) is 0.493. The molecule has 1 saturated carbocycles. The maximum atomic E-state index is 7.44. The van der Waals surface area contributed by atoms with Crippen LogP contribution in [0.25, 0.3) is 0 Å². The van der Waals surface area contributed by atoms with Gasteiger partial charge in [0.2, 0.25) is 0 Å². The molecular weight excluding hydrogens is 98.1 g/mol. The summed E-state index contributed by atoms with van der Waals surface area (Å²) in [5.41, 5.74) is 0. The largest absolute Gasteiger partial charge is 0.300 e. The molecule has 0 aromatic heterocycles. The zero-order valence-corrected chi connectivity index (χ0v) is 5.14. The van der Waals surface area contributed by atoms with Crippen molar-refractivity contribution >= 4 is 0 Å². The van der Waals surface area contributed by atoms with Crippen LogP contribution < -0.4 is 0 Å². The fourth-order valence-electron chi connectivity index (χ4n) is 1.38. The topological polar surface area (TPSA) is 3.24 Å². The first-order chi connectivity index (χ1) is 4.36. The van der Waals surface area contributed by atoms with Crippen molar-refractivity contribution in [1.29, 1.82) is 0 Å². The Bertz CT molecular complexity index is 111. The number of hydrogen-bond donors (Lipinski definition) is 0. The molecule has 8 heavy (non-hydrogen) atoms. The molecule has 2 fully saturated rings. The molecule has 0 radical (unpaired) electrons. The van der Waals surface area contributed by atoms with Gasteiger partial charge in [-0.2, -0.15) is 0 Å². The second-order valence-corrected chi connectivity index (χ2v) is 2.80. The predicted octanol–water partition coefficient (Wildman–Crippen LogP) is 1.24. The van der Waals surface area contributed by atoms with Gasteiger partial charge in [-0.05, 0) is 38.7 Å². The SMILES string of the molecule is [2H]C1CCN(C2CC2)C1. The molecule has 1 aliphatic carbocycles. The van der Waals surface area contributed by atoms with Crippen molar-refractivity contribution in [2.24, 2.45) is 0 Å². The molecule has 0 bridgehead atoms. The van der Waals surface area contributed by atoms with Crippen LogP contribution >= 0.6 is 0 Å². The molecule has 0 amide bonds. The van der Waals surface area contributed by atoms with E-state index in [9.17, 15) is 0 Å². The molecule has 1 heteroatoms. The highest BCUT2D eigenvalue weighted by Crippen LogP contribution is 2.29. The highest BCUT2D eigenvalue weighted by molar-refractivity contribution is 4.86. The summed E-state index contributed by atoms with van der Waals surface area (Å²) in [6.07, 6.45) is 4.13. The molecule has 1 nitrogen and oxygen atoms in total. The summed E-state index contributed by atoms with van der Waals surface area (Å²) in [6.45, 7) is 2.24. The lowest BCUT2D eigenvalue weighted by Crippen LogP contribution is -2.20. The number of rotatable bonds is 1. The van der Waals surface area contributed by atoms with Gasteiger partial charge in [-0.15, -0.1) is 0 Å². The van der Waals surface area contributed by atoms with Crippen LogP contribution in [0.1, 0.15) is 27.0 Å². The number of likely N-dealkylation sites (tertiary alicyclic amines) is 1. The highest BCUT2D eigenvalue weighted by Gasteiger charge is 2.29. The Labute approximate surface area is 52.1 Å². The molecule has 2 aliphatic rings. The van der Waals surface area contributed by atoms with Gasteiger partial charge in [0.05, 0.1) is 0 Å². The van der Waals surface area contributed by atoms with E-state index in [4.69, 9.17) is 1.37 Å². The van der Waals surface area contributed by atoms with E-state index in [1.54, 1.807) is 0 Å². The Morgan fingerprint density at radius 1 is 1.38 bits per heavy atom. The van der Waals surface area contributed by atoms with Crippen molar-refractivity contribution in [2.45, 2.75) is 31.7 Å². The first-order valence-electron chi connectivity index (χ1n) is 4.10. The molecule has 0 N–H and O–H groups in total. The minimum Gasteiger partial charge on any atom is -0.300 e. The minimum absolute atomic E-state index is 0.227. The third-order valence-electron chi connectivity index (χ3n) is 2.05. The molecular formula is C7H13N. The van der Waals surface area contributed by atoms with Crippen molar-refractivity contribution in [3.8, 4) is 0 Å². The maximum absolute atomic E-state index is 7.44. The van der Waals surface area contributed by atoms with Crippen LogP contribution in [0.15, 0.2) is 0 Å². The summed E-state index contributed by atoms with van der Waals surface area (Å²) in [7, 11) is 0. The number of hydrogen-bond acceptors (Lipinski definition) is 1. The van der Waals surface area contributed by atoms with Crippen molar-refractivity contribution in [3.63, 3.8) is 0 Å². The Balaban J connectivity index is 1.86. The molecule has 0 aromatic carbocycles. The lowest BCUT2D eigenvalue weighted by molar-refractivity contribution is 0.328. The Kier molecular flexibility index (Phi) is 0.840. The van der Waals surface area contributed by atoms with E-state index >= 15 is 0 Å². The zero-order chi connectivity index (χ0) is 6.27. The van der Waals surface area contributed by atoms with Crippen LogP contribution in [0.5, 0.6) is 0 Å². The van der Waals surface area contributed by atoms with E-state index in [-0.39, 0.29) is 6.40 Å². The lowest BCUT2D eigenvalue weighted by Gasteiger charge is -2.11. The minimum atomic E-state index is 0.227. The molecule has 0 aromatic rings. The third-order valence-corrected chi connectivity index (χ3v) is 2.05. The summed E-state index contributed by atoms with van der Waals surface area (Å²) >= 11 is 0. The van der Waals surface area contributed by atoms with Gasteiger partial charge in [-0.1, -0.05) is 0 Å².